The predicted octanol–water partition coefficient (Wildman–Crippen LogP) is 2.28. The molecule has 0 saturated heterocycles. The number of esters is 4. The molecule has 0 saturated carbocycles. The van der Waals surface area contributed by atoms with E-state index >= 15 is 0 Å². The molecule has 0 radical (unpaired) electrons. The van der Waals surface area contributed by atoms with Crippen molar-refractivity contribution < 1.29 is 61.2 Å². The van der Waals surface area contributed by atoms with Crippen molar-refractivity contribution in [1.82, 2.24) is 0 Å². The number of carbonyl (C=O) groups excluding carboxylic acids is 4. The molecule has 0 aromatic heterocycles. The van der Waals surface area contributed by atoms with Crippen LogP contribution in [0.2, 0.25) is 0 Å². The number of aliphatic carboxylic acids is 1. The summed E-state index contributed by atoms with van der Waals surface area (Å²) in [5.41, 5.74) is -1.75. The van der Waals surface area contributed by atoms with Gasteiger partial charge in [0.1, 0.15) is 5.57 Å². The van der Waals surface area contributed by atoms with Crippen molar-refractivity contribution >= 4 is 29.8 Å². The Morgan fingerprint density at radius 3 is 1.30 bits per heavy atom. The van der Waals surface area contributed by atoms with Crippen molar-refractivity contribution in [3.05, 3.63) is 37.5 Å². The van der Waals surface area contributed by atoms with E-state index < -0.39 is 41.6 Å². The molecule has 186 valence electrons. The highest BCUT2D eigenvalue weighted by atomic mass is 19.4. The van der Waals surface area contributed by atoms with E-state index in [2.05, 4.69) is 19.7 Å². The summed E-state index contributed by atoms with van der Waals surface area (Å²) >= 11 is 0. The number of carboxylic acid groups (broad SMARTS) is 1. The second kappa shape index (κ2) is 18.0. The molecule has 0 unspecified atom stereocenters. The standard InChI is InChI=1S/C16H22O8.C4H3F3O2/c1-3-13(17)21-9-5-11-23-15(19)7-8-16(20)24-12-6-10-22-14(18)4-2;1-2(3(8)9)4(5,6)7/h3-4H,1-2,5-12H2;1H2,(H,8,9). The third kappa shape index (κ3) is 20.0. The molecule has 0 rings (SSSR count). The minimum absolute atomic E-state index is 0.0903. The first-order valence-electron chi connectivity index (χ1n) is 9.24. The van der Waals surface area contributed by atoms with Crippen LogP contribution < -0.4 is 0 Å². The highest BCUT2D eigenvalue weighted by Gasteiger charge is 2.36. The largest absolute Gasteiger partial charge is 0.478 e. The van der Waals surface area contributed by atoms with Gasteiger partial charge in [0, 0.05) is 25.0 Å². The van der Waals surface area contributed by atoms with Crippen LogP contribution in [-0.2, 0) is 42.9 Å². The Morgan fingerprint density at radius 1 is 0.727 bits per heavy atom. The lowest BCUT2D eigenvalue weighted by molar-refractivity contribution is -0.151. The maximum atomic E-state index is 11.4. The molecule has 0 heterocycles. The molecular formula is C20H25F3O10. The Morgan fingerprint density at radius 2 is 1.06 bits per heavy atom. The first kappa shape index (κ1) is 31.5. The van der Waals surface area contributed by atoms with Crippen molar-refractivity contribution in [2.24, 2.45) is 0 Å². The highest BCUT2D eigenvalue weighted by molar-refractivity contribution is 5.87. The Labute approximate surface area is 187 Å². The molecular weight excluding hydrogens is 457 g/mol. The molecule has 0 aromatic carbocycles. The Balaban J connectivity index is 0. The summed E-state index contributed by atoms with van der Waals surface area (Å²) in [6.45, 7) is 9.21. The lowest BCUT2D eigenvalue weighted by atomic mass is 10.3. The van der Waals surface area contributed by atoms with Crippen LogP contribution in [0.25, 0.3) is 0 Å². The van der Waals surface area contributed by atoms with Crippen molar-refractivity contribution in [1.29, 1.82) is 0 Å². The first-order chi connectivity index (χ1) is 15.3. The minimum atomic E-state index is -4.81. The Kier molecular flexibility index (Phi) is 17.2. The average Bonchev–Trinajstić information content (AvgIpc) is 2.75. The van der Waals surface area contributed by atoms with Crippen LogP contribution >= 0.6 is 0 Å². The molecule has 0 bridgehead atoms. The SMILES string of the molecule is C=C(C(=O)O)C(F)(F)F.C=CC(=O)OCCCOC(=O)CCC(=O)OCCCOC(=O)C=C. The van der Waals surface area contributed by atoms with E-state index in [1.54, 1.807) is 0 Å². The van der Waals surface area contributed by atoms with Gasteiger partial charge in [0.05, 0.1) is 39.3 Å². The maximum absolute atomic E-state index is 11.4. The lowest BCUT2D eigenvalue weighted by Crippen LogP contribution is -2.18. The summed E-state index contributed by atoms with van der Waals surface area (Å²) in [5, 5.41) is 7.70. The fourth-order valence-electron chi connectivity index (χ4n) is 1.42. The number of halogens is 3. The second-order valence-corrected chi connectivity index (χ2v) is 5.67. The zero-order chi connectivity index (χ0) is 25.9. The summed E-state index contributed by atoms with van der Waals surface area (Å²) in [6.07, 6.45) is -2.21. The molecule has 0 aromatic rings. The second-order valence-electron chi connectivity index (χ2n) is 5.67. The van der Waals surface area contributed by atoms with Crippen LogP contribution in [0.5, 0.6) is 0 Å². The molecule has 10 nitrogen and oxygen atoms in total. The van der Waals surface area contributed by atoms with E-state index in [4.69, 9.17) is 24.1 Å². The van der Waals surface area contributed by atoms with Gasteiger partial charge in [-0.2, -0.15) is 13.2 Å². The number of ether oxygens (including phenoxy) is 4. The summed E-state index contributed by atoms with van der Waals surface area (Å²) in [7, 11) is 0. The number of hydrogen-bond donors (Lipinski definition) is 1. The highest BCUT2D eigenvalue weighted by Crippen LogP contribution is 2.23. The van der Waals surface area contributed by atoms with E-state index in [-0.39, 0.29) is 39.3 Å². The van der Waals surface area contributed by atoms with Crippen LogP contribution in [0.4, 0.5) is 13.2 Å². The summed E-state index contributed by atoms with van der Waals surface area (Å²) < 4.78 is 52.8. The van der Waals surface area contributed by atoms with Gasteiger partial charge in [0.25, 0.3) is 0 Å². The fourth-order valence-corrected chi connectivity index (χ4v) is 1.42. The monoisotopic (exact) mass is 482 g/mol. The molecule has 1 N–H and O–H groups in total. The fraction of sp³-hybridized carbons (Fsp3) is 0.450. The molecule has 0 spiro atoms. The van der Waals surface area contributed by atoms with Crippen LogP contribution in [0, 0.1) is 0 Å². The molecule has 0 aliphatic heterocycles. The van der Waals surface area contributed by atoms with Crippen molar-refractivity contribution in [3.63, 3.8) is 0 Å². The summed E-state index contributed by atoms with van der Waals surface area (Å²) in [4.78, 5) is 53.7. The summed E-state index contributed by atoms with van der Waals surface area (Å²) in [6, 6.07) is 0. The molecule has 0 amide bonds. The van der Waals surface area contributed by atoms with Crippen LogP contribution in [0.15, 0.2) is 37.5 Å². The van der Waals surface area contributed by atoms with Gasteiger partial charge in [-0.05, 0) is 0 Å². The van der Waals surface area contributed by atoms with Crippen LogP contribution in [0.3, 0.4) is 0 Å². The summed E-state index contributed by atoms with van der Waals surface area (Å²) in [5.74, 6) is -4.20. The van der Waals surface area contributed by atoms with Gasteiger partial charge in [-0.15, -0.1) is 0 Å². The molecule has 13 heteroatoms. The van der Waals surface area contributed by atoms with Gasteiger partial charge in [-0.1, -0.05) is 19.7 Å². The van der Waals surface area contributed by atoms with E-state index in [0.29, 0.717) is 12.8 Å². The molecule has 33 heavy (non-hydrogen) atoms. The normalized spacial score (nSPS) is 9.91. The van der Waals surface area contributed by atoms with E-state index in [9.17, 15) is 37.1 Å². The molecule has 0 aliphatic carbocycles. The number of alkyl halides is 3. The Hall–Kier alpha value is -3.64. The van der Waals surface area contributed by atoms with E-state index in [0.717, 1.165) is 12.2 Å². The third-order valence-electron chi connectivity index (χ3n) is 3.06. The van der Waals surface area contributed by atoms with Crippen LogP contribution in [0.1, 0.15) is 25.7 Å². The average molecular weight is 482 g/mol. The van der Waals surface area contributed by atoms with Gasteiger partial charge in [0.2, 0.25) is 0 Å². The van der Waals surface area contributed by atoms with Crippen molar-refractivity contribution in [2.75, 3.05) is 26.4 Å². The quantitative estimate of drug-likeness (QED) is 0.170. The molecule has 0 aliphatic rings. The number of rotatable bonds is 14. The zero-order valence-corrected chi connectivity index (χ0v) is 17.7. The zero-order valence-electron chi connectivity index (χ0n) is 17.7. The Bertz CT molecular complexity index is 671. The van der Waals surface area contributed by atoms with Crippen molar-refractivity contribution in [3.8, 4) is 0 Å². The van der Waals surface area contributed by atoms with Crippen molar-refractivity contribution in [2.45, 2.75) is 31.9 Å². The first-order valence-corrected chi connectivity index (χ1v) is 9.24. The van der Waals surface area contributed by atoms with Gasteiger partial charge in [-0.3, -0.25) is 9.59 Å². The molecule has 0 fully saturated rings. The van der Waals surface area contributed by atoms with E-state index in [1.165, 1.54) is 0 Å². The topological polar surface area (TPSA) is 142 Å². The lowest BCUT2D eigenvalue weighted by Gasteiger charge is -2.06. The predicted molar refractivity (Wildman–Crippen MR) is 106 cm³/mol. The maximum Gasteiger partial charge on any atom is 0.422 e. The number of carbonyl (C=O) groups is 5. The van der Waals surface area contributed by atoms with Gasteiger partial charge in [0.15, 0.2) is 0 Å². The van der Waals surface area contributed by atoms with Gasteiger partial charge in [-0.25, -0.2) is 14.4 Å². The van der Waals surface area contributed by atoms with Crippen LogP contribution in [-0.4, -0.2) is 67.6 Å². The number of hydrogen-bond acceptors (Lipinski definition) is 9. The van der Waals surface area contributed by atoms with Gasteiger partial charge >= 0.3 is 36.0 Å². The third-order valence-corrected chi connectivity index (χ3v) is 3.06. The van der Waals surface area contributed by atoms with Gasteiger partial charge < -0.3 is 24.1 Å². The molecule has 0 atom stereocenters. The smallest absolute Gasteiger partial charge is 0.422 e. The minimum Gasteiger partial charge on any atom is -0.478 e. The number of carboxylic acids is 1. The van der Waals surface area contributed by atoms with E-state index in [1.807, 2.05) is 0 Å².